The highest BCUT2D eigenvalue weighted by molar-refractivity contribution is 5.72. The van der Waals surface area contributed by atoms with Gasteiger partial charge in [-0.15, -0.1) is 0 Å². The third-order valence-electron chi connectivity index (χ3n) is 8.91. The third kappa shape index (κ3) is 23.6. The van der Waals surface area contributed by atoms with Gasteiger partial charge in [0, 0.05) is 19.6 Å². The summed E-state index contributed by atoms with van der Waals surface area (Å²) in [5.74, 6) is -0.734. The van der Waals surface area contributed by atoms with Crippen molar-refractivity contribution in [1.29, 1.82) is 0 Å². The molecule has 272 valence electrons. The van der Waals surface area contributed by atoms with Gasteiger partial charge in [0.05, 0.1) is 18.8 Å². The second kappa shape index (κ2) is 29.5. The number of rotatable bonds is 31. The summed E-state index contributed by atoms with van der Waals surface area (Å²) in [4.78, 5) is 42.7. The quantitative estimate of drug-likeness (QED) is 0.0417. The average molecular weight is 655 g/mol. The number of hydrogen-bond acceptors (Lipinski definition) is 8. The monoisotopic (exact) mass is 655 g/mol. The molecule has 0 saturated heterocycles. The van der Waals surface area contributed by atoms with Crippen molar-refractivity contribution in [3.8, 4) is 0 Å². The Balaban J connectivity index is 5.02. The van der Waals surface area contributed by atoms with Crippen molar-refractivity contribution in [3.05, 3.63) is 0 Å². The molecule has 0 saturated carbocycles. The molecule has 0 spiro atoms. The van der Waals surface area contributed by atoms with Crippen LogP contribution in [-0.2, 0) is 28.6 Å². The summed E-state index contributed by atoms with van der Waals surface area (Å²) in [5, 5.41) is 0. The summed E-state index contributed by atoms with van der Waals surface area (Å²) < 4.78 is 17.4. The lowest BCUT2D eigenvalue weighted by Gasteiger charge is -2.27. The molecule has 4 atom stereocenters. The van der Waals surface area contributed by atoms with Crippen LogP contribution in [0.3, 0.4) is 0 Å². The molecule has 0 amide bonds. The van der Waals surface area contributed by atoms with Crippen molar-refractivity contribution in [3.63, 3.8) is 0 Å². The summed E-state index contributed by atoms with van der Waals surface area (Å²) in [6.07, 6.45) is 17.0. The SMILES string of the molecule is CCCCCC(CC)OC(=O)CCN(C)CCCN(CCC(=O)OC(CC)CCCCC)CC(C)C(=O)OC(CC)CCCCC. The van der Waals surface area contributed by atoms with Crippen molar-refractivity contribution < 1.29 is 28.6 Å². The maximum atomic E-state index is 13.0. The second-order valence-electron chi connectivity index (χ2n) is 13.4. The highest BCUT2D eigenvalue weighted by Crippen LogP contribution is 2.15. The van der Waals surface area contributed by atoms with Gasteiger partial charge in [0.2, 0.25) is 0 Å². The summed E-state index contributed by atoms with van der Waals surface area (Å²) >= 11 is 0. The maximum Gasteiger partial charge on any atom is 0.310 e. The Morgan fingerprint density at radius 3 is 1.41 bits per heavy atom. The molecule has 8 nitrogen and oxygen atoms in total. The van der Waals surface area contributed by atoms with E-state index < -0.39 is 0 Å². The highest BCUT2D eigenvalue weighted by Gasteiger charge is 2.23. The smallest absolute Gasteiger partial charge is 0.310 e. The minimum absolute atomic E-state index is 0.0196. The predicted octanol–water partition coefficient (Wildman–Crippen LogP) is 8.73. The first-order chi connectivity index (χ1) is 22.1. The van der Waals surface area contributed by atoms with Gasteiger partial charge >= 0.3 is 17.9 Å². The van der Waals surface area contributed by atoms with Crippen LogP contribution in [0.2, 0.25) is 0 Å². The normalized spacial score (nSPS) is 14.2. The second-order valence-corrected chi connectivity index (χ2v) is 13.4. The Morgan fingerprint density at radius 1 is 0.543 bits per heavy atom. The van der Waals surface area contributed by atoms with E-state index in [0.717, 1.165) is 109 Å². The van der Waals surface area contributed by atoms with Crippen LogP contribution in [0, 0.1) is 5.92 Å². The molecule has 0 fully saturated rings. The molecule has 0 aromatic rings. The van der Waals surface area contributed by atoms with Gasteiger partial charge in [-0.2, -0.15) is 0 Å². The van der Waals surface area contributed by atoms with Gasteiger partial charge in [0.25, 0.3) is 0 Å². The number of nitrogens with zero attached hydrogens (tertiary/aromatic N) is 2. The van der Waals surface area contributed by atoms with Crippen molar-refractivity contribution in [2.24, 2.45) is 5.92 Å². The predicted molar refractivity (Wildman–Crippen MR) is 190 cm³/mol. The van der Waals surface area contributed by atoms with Crippen molar-refractivity contribution in [1.82, 2.24) is 9.80 Å². The molecule has 0 radical (unpaired) electrons. The number of carbonyl (C=O) groups excluding carboxylic acids is 3. The Hall–Kier alpha value is -1.67. The Labute approximate surface area is 284 Å². The van der Waals surface area contributed by atoms with Crippen LogP contribution in [0.4, 0.5) is 0 Å². The van der Waals surface area contributed by atoms with E-state index in [9.17, 15) is 14.4 Å². The number of esters is 3. The average Bonchev–Trinajstić information content (AvgIpc) is 3.04. The largest absolute Gasteiger partial charge is 0.462 e. The Bertz CT molecular complexity index is 763. The van der Waals surface area contributed by atoms with E-state index in [2.05, 4.69) is 51.3 Å². The van der Waals surface area contributed by atoms with Gasteiger partial charge in [-0.1, -0.05) is 87.0 Å². The summed E-state index contributed by atoms with van der Waals surface area (Å²) in [6.45, 7) is 18.0. The molecular formula is C38H74N2O6. The number of unbranched alkanes of at least 4 members (excludes halogenated alkanes) is 6. The number of ether oxygens (including phenoxy) is 3. The minimum atomic E-state index is -0.287. The molecule has 8 heteroatoms. The third-order valence-corrected chi connectivity index (χ3v) is 8.91. The van der Waals surface area contributed by atoms with E-state index in [1.54, 1.807) is 0 Å². The molecule has 0 aliphatic carbocycles. The first-order valence-corrected chi connectivity index (χ1v) is 19.1. The van der Waals surface area contributed by atoms with Crippen molar-refractivity contribution in [2.75, 3.05) is 39.8 Å². The van der Waals surface area contributed by atoms with E-state index in [1.807, 2.05) is 14.0 Å². The molecule has 0 aromatic carbocycles. The van der Waals surface area contributed by atoms with Crippen molar-refractivity contribution in [2.45, 2.75) is 182 Å². The highest BCUT2D eigenvalue weighted by atomic mass is 16.6. The van der Waals surface area contributed by atoms with E-state index in [1.165, 1.54) is 6.42 Å². The van der Waals surface area contributed by atoms with Gasteiger partial charge in [0.1, 0.15) is 18.3 Å². The minimum Gasteiger partial charge on any atom is -0.462 e. The molecule has 0 rings (SSSR count). The van der Waals surface area contributed by atoms with Gasteiger partial charge in [-0.3, -0.25) is 14.4 Å². The molecular weight excluding hydrogens is 580 g/mol. The van der Waals surface area contributed by atoms with Crippen LogP contribution in [0.15, 0.2) is 0 Å². The number of carbonyl (C=O) groups is 3. The van der Waals surface area contributed by atoms with Crippen LogP contribution in [-0.4, -0.2) is 85.8 Å². The van der Waals surface area contributed by atoms with E-state index >= 15 is 0 Å². The lowest BCUT2D eigenvalue weighted by atomic mass is 10.1. The summed E-state index contributed by atoms with van der Waals surface area (Å²) in [6, 6.07) is 0. The van der Waals surface area contributed by atoms with Crippen molar-refractivity contribution >= 4 is 17.9 Å². The molecule has 0 aliphatic rings. The lowest BCUT2D eigenvalue weighted by molar-refractivity contribution is -0.154. The van der Waals surface area contributed by atoms with Gasteiger partial charge in [0.15, 0.2) is 0 Å². The van der Waals surface area contributed by atoms with Gasteiger partial charge in [-0.05, 0) is 84.3 Å². The summed E-state index contributed by atoms with van der Waals surface area (Å²) in [5.41, 5.74) is 0. The topological polar surface area (TPSA) is 85.4 Å². The van der Waals surface area contributed by atoms with Gasteiger partial charge in [-0.25, -0.2) is 0 Å². The molecule has 46 heavy (non-hydrogen) atoms. The molecule has 0 heterocycles. The Kier molecular flexibility index (Phi) is 28.4. The van der Waals surface area contributed by atoms with E-state index in [0.29, 0.717) is 32.5 Å². The van der Waals surface area contributed by atoms with Crippen LogP contribution in [0.1, 0.15) is 164 Å². The zero-order valence-corrected chi connectivity index (χ0v) is 31.4. The molecule has 0 aliphatic heterocycles. The zero-order valence-electron chi connectivity index (χ0n) is 31.4. The van der Waals surface area contributed by atoms with Crippen LogP contribution in [0.25, 0.3) is 0 Å². The molecule has 4 unspecified atom stereocenters. The maximum absolute atomic E-state index is 13.0. The lowest BCUT2D eigenvalue weighted by Crippen LogP contribution is -2.37. The summed E-state index contributed by atoms with van der Waals surface area (Å²) in [7, 11) is 2.03. The number of hydrogen-bond donors (Lipinski definition) is 0. The van der Waals surface area contributed by atoms with Crippen LogP contribution < -0.4 is 0 Å². The molecule has 0 aromatic heterocycles. The van der Waals surface area contributed by atoms with E-state index in [4.69, 9.17) is 14.2 Å². The molecule has 0 N–H and O–H groups in total. The fraction of sp³-hybridized carbons (Fsp3) is 0.921. The first kappa shape index (κ1) is 44.3. The standard InChI is InChI=1S/C38H74N2O6/c1-9-15-18-22-33(12-4)44-36(41)25-29-39(8)27-21-28-40(30-26-37(42)45-34(13-5)23-19-16-10-2)31-32(7)38(43)46-35(14-6)24-20-17-11-3/h32-35H,9-31H2,1-8H3. The zero-order chi connectivity index (χ0) is 34.6. The molecule has 0 bridgehead atoms. The van der Waals surface area contributed by atoms with Crippen LogP contribution >= 0.6 is 0 Å². The fourth-order valence-electron chi connectivity index (χ4n) is 5.64. The van der Waals surface area contributed by atoms with Gasteiger partial charge < -0.3 is 24.0 Å². The fourth-order valence-corrected chi connectivity index (χ4v) is 5.64. The van der Waals surface area contributed by atoms with E-state index in [-0.39, 0.29) is 42.1 Å². The Morgan fingerprint density at radius 2 is 0.978 bits per heavy atom. The first-order valence-electron chi connectivity index (χ1n) is 19.1. The van der Waals surface area contributed by atoms with Crippen LogP contribution in [0.5, 0.6) is 0 Å².